The van der Waals surface area contributed by atoms with E-state index in [1.165, 1.54) is 12.5 Å². The monoisotopic (exact) mass is 335 g/mol. The average molecular weight is 337 g/mol. The van der Waals surface area contributed by atoms with Gasteiger partial charge in [0.1, 0.15) is 5.75 Å². The van der Waals surface area contributed by atoms with Crippen LogP contribution in [-0.4, -0.2) is 11.0 Å². The minimum atomic E-state index is -0.134. The number of phenolic OH excluding ortho intramolecular Hbond substituents is 1. The van der Waals surface area contributed by atoms with Crippen LogP contribution in [0.5, 0.6) is 5.75 Å². The van der Waals surface area contributed by atoms with Crippen LogP contribution in [-0.2, 0) is 11.3 Å². The second kappa shape index (κ2) is 6.88. The number of nitrogens with one attached hydrogen (secondary N) is 1. The first-order valence-electron chi connectivity index (χ1n) is 6.63. The molecule has 0 bridgehead atoms. The van der Waals surface area contributed by atoms with E-state index in [0.717, 1.165) is 25.7 Å². The number of carbonyl (C=O) groups is 1. The molecule has 0 atom stereocenters. The van der Waals surface area contributed by atoms with E-state index in [2.05, 4.69) is 5.32 Å². The van der Waals surface area contributed by atoms with Gasteiger partial charge in [-0.2, -0.15) is 0 Å². The number of halogens is 3. The van der Waals surface area contributed by atoms with Crippen molar-refractivity contribution in [2.45, 2.75) is 38.6 Å². The Bertz CT molecular complexity index is 487. The molecule has 0 radical (unpaired) electrons. The number of aromatic hydroxyl groups is 1. The molecule has 110 valence electrons. The molecule has 1 fully saturated rings. The Balaban J connectivity index is 2.05. The van der Waals surface area contributed by atoms with Gasteiger partial charge in [-0.05, 0) is 18.9 Å². The van der Waals surface area contributed by atoms with Crippen molar-refractivity contribution in [3.8, 4) is 5.75 Å². The second-order valence-electron chi connectivity index (χ2n) is 5.03. The van der Waals surface area contributed by atoms with Crippen molar-refractivity contribution in [1.82, 2.24) is 5.32 Å². The standard InChI is InChI=1S/C14H16Cl3NO2/c15-10-6-11(16)13(19)9(12(10)17)7-18-14(20)8-4-2-1-3-5-8/h6,8,19H,1-5,7H2,(H,18,20). The Kier molecular flexibility index (Phi) is 5.42. The van der Waals surface area contributed by atoms with Gasteiger partial charge in [0.05, 0.1) is 15.1 Å². The third-order valence-electron chi connectivity index (χ3n) is 3.66. The molecule has 20 heavy (non-hydrogen) atoms. The summed E-state index contributed by atoms with van der Waals surface area (Å²) in [5.41, 5.74) is 0.355. The van der Waals surface area contributed by atoms with Crippen molar-refractivity contribution < 1.29 is 9.90 Å². The average Bonchev–Trinajstić information content (AvgIpc) is 2.46. The molecule has 6 heteroatoms. The van der Waals surface area contributed by atoms with Crippen LogP contribution in [0.15, 0.2) is 6.07 Å². The van der Waals surface area contributed by atoms with E-state index in [4.69, 9.17) is 34.8 Å². The van der Waals surface area contributed by atoms with Gasteiger partial charge in [0.2, 0.25) is 5.91 Å². The highest BCUT2D eigenvalue weighted by molar-refractivity contribution is 6.44. The summed E-state index contributed by atoms with van der Waals surface area (Å²) >= 11 is 17.8. The van der Waals surface area contributed by atoms with Gasteiger partial charge >= 0.3 is 0 Å². The van der Waals surface area contributed by atoms with Crippen LogP contribution in [0.2, 0.25) is 15.1 Å². The number of hydrogen-bond acceptors (Lipinski definition) is 2. The number of phenols is 1. The molecule has 1 amide bonds. The fraction of sp³-hybridized carbons (Fsp3) is 0.500. The van der Waals surface area contributed by atoms with E-state index in [0.29, 0.717) is 5.56 Å². The molecular weight excluding hydrogens is 321 g/mol. The molecule has 1 saturated carbocycles. The molecule has 0 saturated heterocycles. The lowest BCUT2D eigenvalue weighted by atomic mass is 9.88. The van der Waals surface area contributed by atoms with Crippen molar-refractivity contribution in [2.24, 2.45) is 5.92 Å². The van der Waals surface area contributed by atoms with Crippen LogP contribution in [0.1, 0.15) is 37.7 Å². The summed E-state index contributed by atoms with van der Waals surface area (Å²) < 4.78 is 0. The van der Waals surface area contributed by atoms with Crippen LogP contribution < -0.4 is 5.32 Å². The molecule has 3 nitrogen and oxygen atoms in total. The lowest BCUT2D eigenvalue weighted by molar-refractivity contribution is -0.126. The van der Waals surface area contributed by atoms with E-state index in [1.54, 1.807) is 0 Å². The summed E-state index contributed by atoms with van der Waals surface area (Å²) in [6, 6.07) is 1.38. The molecular formula is C14H16Cl3NO2. The van der Waals surface area contributed by atoms with Gasteiger partial charge in [0.15, 0.2) is 0 Å². The number of rotatable bonds is 3. The molecule has 0 aromatic heterocycles. The summed E-state index contributed by atoms with van der Waals surface area (Å²) in [5, 5.41) is 13.3. The van der Waals surface area contributed by atoms with Crippen LogP contribution in [0.3, 0.4) is 0 Å². The normalized spacial score (nSPS) is 16.1. The Morgan fingerprint density at radius 2 is 1.85 bits per heavy atom. The van der Waals surface area contributed by atoms with Gasteiger partial charge in [0, 0.05) is 18.0 Å². The Labute approximate surface area is 133 Å². The smallest absolute Gasteiger partial charge is 0.223 e. The first-order valence-corrected chi connectivity index (χ1v) is 7.77. The lowest BCUT2D eigenvalue weighted by Gasteiger charge is -2.21. The number of amides is 1. The van der Waals surface area contributed by atoms with Crippen LogP contribution in [0.25, 0.3) is 0 Å². The maximum absolute atomic E-state index is 12.1. The SMILES string of the molecule is O=C(NCc1c(O)c(Cl)cc(Cl)c1Cl)C1CCCCC1. The second-order valence-corrected chi connectivity index (χ2v) is 6.23. The first kappa shape index (κ1) is 15.7. The van der Waals surface area contributed by atoms with E-state index >= 15 is 0 Å². The zero-order chi connectivity index (χ0) is 14.7. The topological polar surface area (TPSA) is 49.3 Å². The Morgan fingerprint density at radius 3 is 2.50 bits per heavy atom. The van der Waals surface area contributed by atoms with Crippen LogP contribution in [0.4, 0.5) is 0 Å². The van der Waals surface area contributed by atoms with Gasteiger partial charge in [0.25, 0.3) is 0 Å². The quantitative estimate of drug-likeness (QED) is 0.796. The van der Waals surface area contributed by atoms with Gasteiger partial charge in [-0.3, -0.25) is 4.79 Å². The minimum absolute atomic E-state index is 0.00346. The molecule has 1 aliphatic carbocycles. The summed E-state index contributed by atoms with van der Waals surface area (Å²) in [6.45, 7) is 0.125. The third kappa shape index (κ3) is 3.51. The molecule has 2 N–H and O–H groups in total. The van der Waals surface area contributed by atoms with Crippen LogP contribution in [0, 0.1) is 5.92 Å². The van der Waals surface area contributed by atoms with E-state index in [1.807, 2.05) is 0 Å². The van der Waals surface area contributed by atoms with Crippen molar-refractivity contribution in [3.05, 3.63) is 26.7 Å². The minimum Gasteiger partial charge on any atom is -0.506 e. The summed E-state index contributed by atoms with van der Waals surface area (Å²) in [7, 11) is 0. The highest BCUT2D eigenvalue weighted by Gasteiger charge is 2.22. The van der Waals surface area contributed by atoms with Gasteiger partial charge in [-0.25, -0.2) is 0 Å². The predicted octanol–water partition coefficient (Wildman–Crippen LogP) is 4.55. The van der Waals surface area contributed by atoms with Crippen LogP contribution >= 0.6 is 34.8 Å². The zero-order valence-corrected chi connectivity index (χ0v) is 13.2. The molecule has 2 rings (SSSR count). The Morgan fingerprint density at radius 1 is 1.20 bits per heavy atom. The van der Waals surface area contributed by atoms with Gasteiger partial charge < -0.3 is 10.4 Å². The van der Waals surface area contributed by atoms with E-state index in [9.17, 15) is 9.90 Å². The number of carbonyl (C=O) groups excluding carboxylic acids is 1. The van der Waals surface area contributed by atoms with Gasteiger partial charge in [-0.1, -0.05) is 54.1 Å². The highest BCUT2D eigenvalue weighted by atomic mass is 35.5. The largest absolute Gasteiger partial charge is 0.506 e. The van der Waals surface area contributed by atoms with Gasteiger partial charge in [-0.15, -0.1) is 0 Å². The number of hydrogen-bond donors (Lipinski definition) is 2. The number of benzene rings is 1. The van der Waals surface area contributed by atoms with Crippen molar-refractivity contribution in [1.29, 1.82) is 0 Å². The van der Waals surface area contributed by atoms with Crippen molar-refractivity contribution in [3.63, 3.8) is 0 Å². The van der Waals surface area contributed by atoms with E-state index in [-0.39, 0.29) is 39.2 Å². The maximum Gasteiger partial charge on any atom is 0.223 e. The fourth-order valence-electron chi connectivity index (χ4n) is 2.48. The summed E-state index contributed by atoms with van der Waals surface area (Å²) in [6.07, 6.45) is 5.21. The molecule has 0 unspecified atom stereocenters. The zero-order valence-electron chi connectivity index (χ0n) is 10.9. The van der Waals surface area contributed by atoms with E-state index < -0.39 is 0 Å². The molecule has 1 aromatic rings. The third-order valence-corrected chi connectivity index (χ3v) is 4.77. The molecule has 1 aromatic carbocycles. The predicted molar refractivity (Wildman–Crippen MR) is 81.6 cm³/mol. The summed E-state index contributed by atoms with van der Waals surface area (Å²) in [4.78, 5) is 12.1. The molecule has 0 heterocycles. The lowest BCUT2D eigenvalue weighted by Crippen LogP contribution is -2.31. The molecule has 1 aliphatic rings. The Hall–Kier alpha value is -0.640. The van der Waals surface area contributed by atoms with Crippen molar-refractivity contribution >= 4 is 40.7 Å². The first-order chi connectivity index (χ1) is 9.50. The highest BCUT2D eigenvalue weighted by Crippen LogP contribution is 2.38. The maximum atomic E-state index is 12.1. The molecule has 0 aliphatic heterocycles. The summed E-state index contributed by atoms with van der Waals surface area (Å²) in [5.74, 6) is -0.0828. The van der Waals surface area contributed by atoms with Crippen molar-refractivity contribution in [2.75, 3.05) is 0 Å². The molecule has 0 spiro atoms. The fourth-order valence-corrected chi connectivity index (χ4v) is 3.19.